The maximum absolute atomic E-state index is 11.8. The quantitative estimate of drug-likeness (QED) is 0.675. The molecule has 0 bridgehead atoms. The third-order valence-electron chi connectivity index (χ3n) is 2.89. The van der Waals surface area contributed by atoms with Crippen molar-refractivity contribution in [1.82, 2.24) is 20.4 Å². The van der Waals surface area contributed by atoms with Gasteiger partial charge in [0.1, 0.15) is 0 Å². The SMILES string of the molecule is O=C(Cc1ccn[nH]1)Nc1ccc(-c2ccn[nH]2)cc1. The number of carbonyl (C=O) groups excluding carboxylic acids is 1. The highest BCUT2D eigenvalue weighted by molar-refractivity contribution is 5.92. The molecule has 2 aromatic heterocycles. The van der Waals surface area contributed by atoms with E-state index < -0.39 is 0 Å². The molecule has 100 valence electrons. The van der Waals surface area contributed by atoms with E-state index in [1.807, 2.05) is 30.3 Å². The van der Waals surface area contributed by atoms with E-state index in [2.05, 4.69) is 25.7 Å². The first kappa shape index (κ1) is 12.2. The number of benzene rings is 1. The number of hydrogen-bond acceptors (Lipinski definition) is 3. The molecule has 0 aliphatic heterocycles. The fourth-order valence-electron chi connectivity index (χ4n) is 1.91. The van der Waals surface area contributed by atoms with E-state index in [1.165, 1.54) is 0 Å². The van der Waals surface area contributed by atoms with Gasteiger partial charge in [0.25, 0.3) is 0 Å². The molecule has 0 aliphatic carbocycles. The summed E-state index contributed by atoms with van der Waals surface area (Å²) in [5.74, 6) is -0.0801. The zero-order chi connectivity index (χ0) is 13.8. The Labute approximate surface area is 115 Å². The summed E-state index contributed by atoms with van der Waals surface area (Å²) in [7, 11) is 0. The Morgan fingerprint density at radius 3 is 2.40 bits per heavy atom. The highest BCUT2D eigenvalue weighted by atomic mass is 16.1. The number of carbonyl (C=O) groups is 1. The smallest absolute Gasteiger partial charge is 0.230 e. The Hall–Kier alpha value is -2.89. The van der Waals surface area contributed by atoms with Gasteiger partial charge >= 0.3 is 0 Å². The lowest BCUT2D eigenvalue weighted by Crippen LogP contribution is -2.14. The highest BCUT2D eigenvalue weighted by Crippen LogP contribution is 2.18. The van der Waals surface area contributed by atoms with Crippen LogP contribution in [0.5, 0.6) is 0 Å². The fourth-order valence-corrected chi connectivity index (χ4v) is 1.91. The lowest BCUT2D eigenvalue weighted by molar-refractivity contribution is -0.115. The molecule has 6 heteroatoms. The van der Waals surface area contributed by atoms with Crippen LogP contribution in [0.1, 0.15) is 5.69 Å². The number of aromatic amines is 2. The topological polar surface area (TPSA) is 86.5 Å². The second-order valence-corrected chi connectivity index (χ2v) is 4.35. The summed E-state index contributed by atoms with van der Waals surface area (Å²) in [5, 5.41) is 16.2. The van der Waals surface area contributed by atoms with Crippen LogP contribution in [0.25, 0.3) is 11.3 Å². The largest absolute Gasteiger partial charge is 0.326 e. The van der Waals surface area contributed by atoms with Crippen molar-refractivity contribution >= 4 is 11.6 Å². The van der Waals surface area contributed by atoms with Crippen molar-refractivity contribution in [2.24, 2.45) is 0 Å². The molecule has 0 spiro atoms. The predicted molar refractivity (Wildman–Crippen MR) is 74.9 cm³/mol. The molecule has 0 radical (unpaired) electrons. The van der Waals surface area contributed by atoms with Crippen LogP contribution in [0.3, 0.4) is 0 Å². The molecule has 3 N–H and O–H groups in total. The Morgan fingerprint density at radius 2 is 1.75 bits per heavy atom. The van der Waals surface area contributed by atoms with Gasteiger partial charge in [0, 0.05) is 23.8 Å². The van der Waals surface area contributed by atoms with E-state index in [0.717, 1.165) is 22.6 Å². The second kappa shape index (κ2) is 5.40. The summed E-state index contributed by atoms with van der Waals surface area (Å²) >= 11 is 0. The summed E-state index contributed by atoms with van der Waals surface area (Å²) in [6.07, 6.45) is 3.61. The molecule has 20 heavy (non-hydrogen) atoms. The Kier molecular flexibility index (Phi) is 3.28. The third-order valence-corrected chi connectivity index (χ3v) is 2.89. The molecule has 0 aliphatic rings. The number of aromatic nitrogens is 4. The predicted octanol–water partition coefficient (Wildman–Crippen LogP) is 1.98. The molecule has 0 fully saturated rings. The number of amides is 1. The molecule has 0 atom stereocenters. The van der Waals surface area contributed by atoms with Crippen molar-refractivity contribution in [3.8, 4) is 11.3 Å². The molecule has 3 aromatic rings. The van der Waals surface area contributed by atoms with Crippen molar-refractivity contribution < 1.29 is 4.79 Å². The zero-order valence-electron chi connectivity index (χ0n) is 10.6. The van der Waals surface area contributed by atoms with Crippen LogP contribution in [0.15, 0.2) is 48.8 Å². The van der Waals surface area contributed by atoms with Crippen LogP contribution in [0.4, 0.5) is 5.69 Å². The van der Waals surface area contributed by atoms with Gasteiger partial charge in [0.2, 0.25) is 5.91 Å². The van der Waals surface area contributed by atoms with Crippen LogP contribution >= 0.6 is 0 Å². The first-order chi connectivity index (χ1) is 9.81. The van der Waals surface area contributed by atoms with Crippen LogP contribution in [0, 0.1) is 0 Å². The second-order valence-electron chi connectivity index (χ2n) is 4.35. The number of hydrogen-bond donors (Lipinski definition) is 3. The molecule has 0 unspecified atom stereocenters. The number of anilines is 1. The molecule has 0 saturated heterocycles. The van der Waals surface area contributed by atoms with Gasteiger partial charge in [-0.2, -0.15) is 10.2 Å². The summed E-state index contributed by atoms with van der Waals surface area (Å²) < 4.78 is 0. The molecular formula is C14H13N5O. The minimum atomic E-state index is -0.0801. The van der Waals surface area contributed by atoms with Gasteiger partial charge < -0.3 is 5.32 Å². The number of rotatable bonds is 4. The van der Waals surface area contributed by atoms with E-state index in [9.17, 15) is 4.79 Å². The van der Waals surface area contributed by atoms with Crippen molar-refractivity contribution in [2.75, 3.05) is 5.32 Å². The molecule has 6 nitrogen and oxygen atoms in total. The van der Waals surface area contributed by atoms with Gasteiger partial charge in [-0.3, -0.25) is 15.0 Å². The van der Waals surface area contributed by atoms with Crippen molar-refractivity contribution in [1.29, 1.82) is 0 Å². The Balaban J connectivity index is 1.65. The average molecular weight is 267 g/mol. The van der Waals surface area contributed by atoms with Crippen LogP contribution in [-0.4, -0.2) is 26.3 Å². The Bertz CT molecular complexity index is 671. The molecule has 0 saturated carbocycles. The van der Waals surface area contributed by atoms with Gasteiger partial charge in [-0.1, -0.05) is 12.1 Å². The summed E-state index contributed by atoms with van der Waals surface area (Å²) in [5.41, 5.74) is 3.52. The van der Waals surface area contributed by atoms with E-state index in [0.29, 0.717) is 0 Å². The zero-order valence-corrected chi connectivity index (χ0v) is 10.6. The van der Waals surface area contributed by atoms with Gasteiger partial charge in [0.05, 0.1) is 12.1 Å². The first-order valence-electron chi connectivity index (χ1n) is 6.19. The van der Waals surface area contributed by atoms with Crippen molar-refractivity contribution in [3.05, 3.63) is 54.5 Å². The normalized spacial score (nSPS) is 10.4. The Morgan fingerprint density at radius 1 is 1.00 bits per heavy atom. The summed E-state index contributed by atoms with van der Waals surface area (Å²) in [6, 6.07) is 11.3. The van der Waals surface area contributed by atoms with Crippen molar-refractivity contribution in [2.45, 2.75) is 6.42 Å². The molecule has 2 heterocycles. The molecule has 1 aromatic carbocycles. The van der Waals surface area contributed by atoms with E-state index in [4.69, 9.17) is 0 Å². The monoisotopic (exact) mass is 267 g/mol. The minimum absolute atomic E-state index is 0.0801. The van der Waals surface area contributed by atoms with Gasteiger partial charge in [0.15, 0.2) is 0 Å². The fraction of sp³-hybridized carbons (Fsp3) is 0.0714. The van der Waals surface area contributed by atoms with Gasteiger partial charge in [-0.15, -0.1) is 0 Å². The summed E-state index contributed by atoms with van der Waals surface area (Å²) in [4.78, 5) is 11.8. The van der Waals surface area contributed by atoms with E-state index >= 15 is 0 Å². The minimum Gasteiger partial charge on any atom is -0.326 e. The maximum atomic E-state index is 11.8. The number of nitrogens with one attached hydrogen (secondary N) is 3. The van der Waals surface area contributed by atoms with Crippen LogP contribution in [-0.2, 0) is 11.2 Å². The first-order valence-corrected chi connectivity index (χ1v) is 6.19. The molecular weight excluding hydrogens is 254 g/mol. The van der Waals surface area contributed by atoms with Crippen LogP contribution in [0.2, 0.25) is 0 Å². The summed E-state index contributed by atoms with van der Waals surface area (Å²) in [6.45, 7) is 0. The van der Waals surface area contributed by atoms with Crippen LogP contribution < -0.4 is 5.32 Å². The van der Waals surface area contributed by atoms with Gasteiger partial charge in [-0.05, 0) is 29.8 Å². The lowest BCUT2D eigenvalue weighted by atomic mass is 10.1. The maximum Gasteiger partial charge on any atom is 0.230 e. The average Bonchev–Trinajstić information content (AvgIpc) is 3.12. The lowest BCUT2D eigenvalue weighted by Gasteiger charge is -2.05. The number of nitrogens with zero attached hydrogens (tertiary/aromatic N) is 2. The standard InChI is InChI=1S/C14H13N5O/c20-14(9-12-5-7-15-18-12)17-11-3-1-10(2-4-11)13-6-8-16-19-13/h1-8H,9H2,(H,15,18)(H,16,19)(H,17,20). The van der Waals surface area contributed by atoms with Gasteiger partial charge in [-0.25, -0.2) is 0 Å². The van der Waals surface area contributed by atoms with Crippen molar-refractivity contribution in [3.63, 3.8) is 0 Å². The van der Waals surface area contributed by atoms with E-state index in [1.54, 1.807) is 18.5 Å². The molecule has 3 rings (SSSR count). The number of H-pyrrole nitrogens is 2. The molecule has 1 amide bonds. The highest BCUT2D eigenvalue weighted by Gasteiger charge is 2.05. The van der Waals surface area contributed by atoms with E-state index in [-0.39, 0.29) is 12.3 Å². The third kappa shape index (κ3) is 2.74.